The van der Waals surface area contributed by atoms with Gasteiger partial charge in [-0.25, -0.2) is 0 Å². The molecule has 0 bridgehead atoms. The maximum Gasteiger partial charge on any atom is 0.0958 e. The summed E-state index contributed by atoms with van der Waals surface area (Å²) in [4.78, 5) is 10.6. The van der Waals surface area contributed by atoms with Gasteiger partial charge in [0.25, 0.3) is 0 Å². The van der Waals surface area contributed by atoms with E-state index < -0.39 is 65.3 Å². The van der Waals surface area contributed by atoms with E-state index in [-0.39, 0.29) is 0 Å². The summed E-state index contributed by atoms with van der Waals surface area (Å²) in [5.41, 5.74) is 13.0. The minimum Gasteiger partial charge on any atom is -0.0831 e. The third-order valence-corrected chi connectivity index (χ3v) is 59.7. The van der Waals surface area contributed by atoms with E-state index in [1.807, 2.05) is 27.9 Å². The Morgan fingerprint density at radius 2 is 0.838 bits per heavy atom. The van der Waals surface area contributed by atoms with Crippen molar-refractivity contribution in [3.63, 3.8) is 0 Å². The number of rotatable bonds is 2. The molecular formula is C29H55Si8. The first-order valence-electron chi connectivity index (χ1n) is 14.9. The molecule has 5 aliphatic rings. The van der Waals surface area contributed by atoms with E-state index in [2.05, 4.69) is 135 Å². The zero-order valence-corrected chi connectivity index (χ0v) is 35.4. The van der Waals surface area contributed by atoms with Gasteiger partial charge in [-0.2, -0.15) is 0 Å². The fourth-order valence-electron chi connectivity index (χ4n) is 12.1. The Kier molecular flexibility index (Phi) is 5.97. The molecule has 0 aromatic heterocycles. The van der Waals surface area contributed by atoms with Crippen molar-refractivity contribution in [1.29, 1.82) is 0 Å². The topological polar surface area (TPSA) is 0 Å². The molecule has 0 unspecified atom stereocenters. The highest BCUT2D eigenvalue weighted by Crippen LogP contribution is 2.68. The molecule has 0 atom stereocenters. The van der Waals surface area contributed by atoms with E-state index in [9.17, 15) is 0 Å². The molecular weight excluding hydrogens is 573 g/mol. The molecule has 0 saturated heterocycles. The Morgan fingerprint density at radius 3 is 1.24 bits per heavy atom. The van der Waals surface area contributed by atoms with Crippen LogP contribution in [-0.2, 0) is 0 Å². The van der Waals surface area contributed by atoms with Crippen molar-refractivity contribution < 1.29 is 0 Å². The van der Waals surface area contributed by atoms with E-state index in [4.69, 9.17) is 0 Å². The van der Waals surface area contributed by atoms with Crippen LogP contribution in [0.1, 0.15) is 0 Å². The first-order chi connectivity index (χ1) is 16.3. The quantitative estimate of drug-likeness (QED) is 0.268. The standard InChI is InChI=1S/C29H55Si8/c1-30(2)25-20-21-24-23-22(20)28(36(25,14)15)34(10,11)18-32(6,7)27(23)33(8,9)19-35(12,13)29(24)37(16,17)26(21)31(3,4)5/h18-19H2,1-17H3. The van der Waals surface area contributed by atoms with E-state index in [0.717, 1.165) is 0 Å². The minimum absolute atomic E-state index is 0.515. The van der Waals surface area contributed by atoms with Gasteiger partial charge in [-0.05, 0) is 27.9 Å². The van der Waals surface area contributed by atoms with Gasteiger partial charge in [0.15, 0.2) is 0 Å². The smallest absolute Gasteiger partial charge is 0.0831 e. The Balaban J connectivity index is 2.16. The van der Waals surface area contributed by atoms with Gasteiger partial charge >= 0.3 is 0 Å². The van der Waals surface area contributed by atoms with Gasteiger partial charge < -0.3 is 0 Å². The summed E-state index contributed by atoms with van der Waals surface area (Å²) in [7, 11) is -11.5. The lowest BCUT2D eigenvalue weighted by atomic mass is 10.1. The molecule has 0 amide bonds. The Hall–Kier alpha value is 0.435. The summed E-state index contributed by atoms with van der Waals surface area (Å²) in [5, 5.41) is 0. The molecule has 37 heavy (non-hydrogen) atoms. The van der Waals surface area contributed by atoms with Gasteiger partial charge in [0.1, 0.15) is 0 Å². The zero-order chi connectivity index (χ0) is 28.3. The van der Waals surface area contributed by atoms with E-state index >= 15 is 0 Å². The first kappa shape index (κ1) is 28.9. The molecule has 1 radical (unpaired) electrons. The average molecular weight is 628 g/mol. The molecule has 0 spiro atoms. The fraction of sp³-hybridized carbons (Fsp3) is 0.655. The normalized spacial score (nSPS) is 30.0. The lowest BCUT2D eigenvalue weighted by molar-refractivity contribution is 1.49. The Labute approximate surface area is 238 Å². The van der Waals surface area contributed by atoms with E-state index in [1.54, 1.807) is 11.3 Å². The highest BCUT2D eigenvalue weighted by Gasteiger charge is 2.65. The van der Waals surface area contributed by atoms with Crippen LogP contribution >= 0.6 is 0 Å². The van der Waals surface area contributed by atoms with Crippen LogP contribution in [0.4, 0.5) is 0 Å². The molecule has 8 heteroatoms. The molecule has 5 rings (SSSR count). The molecule has 0 aromatic rings. The van der Waals surface area contributed by atoms with Crippen LogP contribution in [0.5, 0.6) is 0 Å². The third kappa shape index (κ3) is 3.54. The number of allylic oxidation sites excluding steroid dienone is 5. The van der Waals surface area contributed by atoms with Crippen molar-refractivity contribution in [2.45, 2.75) is 123 Å². The summed E-state index contributed by atoms with van der Waals surface area (Å²) < 4.78 is 0. The van der Waals surface area contributed by atoms with E-state index in [1.165, 1.54) is 0 Å². The highest BCUT2D eigenvalue weighted by molar-refractivity contribution is 7.24. The molecule has 0 nitrogen and oxygen atoms in total. The lowest BCUT2D eigenvalue weighted by Gasteiger charge is -2.44. The predicted octanol–water partition coefficient (Wildman–Crippen LogP) is 9.35. The van der Waals surface area contributed by atoms with Crippen LogP contribution in [0.3, 0.4) is 0 Å². The van der Waals surface area contributed by atoms with Crippen molar-refractivity contribution in [3.05, 3.63) is 52.0 Å². The summed E-state index contributed by atoms with van der Waals surface area (Å²) in [6.07, 6.45) is 0. The number of fused-ring (bicyclic) bond motifs is 1. The second-order valence-electron chi connectivity index (χ2n) is 18.1. The fourth-order valence-corrected chi connectivity index (χ4v) is 80.8. The second-order valence-corrected chi connectivity index (χ2v) is 56.5. The highest BCUT2D eigenvalue weighted by atomic mass is 28.5. The van der Waals surface area contributed by atoms with Crippen LogP contribution in [-0.4, -0.2) is 65.3 Å². The van der Waals surface area contributed by atoms with Crippen LogP contribution in [0.15, 0.2) is 52.0 Å². The summed E-state index contributed by atoms with van der Waals surface area (Å²) in [5.74, 6) is 0. The first-order valence-corrected chi connectivity index (χ1v) is 39.7. The van der Waals surface area contributed by atoms with Crippen molar-refractivity contribution in [1.82, 2.24) is 0 Å². The van der Waals surface area contributed by atoms with E-state index in [0.29, 0.717) is 0 Å². The van der Waals surface area contributed by atoms with Gasteiger partial charge in [-0.1, -0.05) is 147 Å². The maximum absolute atomic E-state index is 2.84. The molecule has 203 valence electrons. The molecule has 1 fully saturated rings. The van der Waals surface area contributed by atoms with Gasteiger partial charge in [0, 0.05) is 0 Å². The average Bonchev–Trinajstić information content (AvgIpc) is 3.04. The SMILES string of the molecule is C[Si](C)C1=C2C3=C([Si](C)(C)C)[Si](C)(C)C4=C3C3=C([Si](C)(C)C[Si](C)(C)C(=C32)[Si]1(C)C)[Si](C)(C)C[Si]4(C)C. The van der Waals surface area contributed by atoms with Crippen LogP contribution in [0, 0.1) is 0 Å². The van der Waals surface area contributed by atoms with Gasteiger partial charge in [-0.15, -0.1) is 0 Å². The van der Waals surface area contributed by atoms with Crippen molar-refractivity contribution in [3.8, 4) is 0 Å². The van der Waals surface area contributed by atoms with Gasteiger partial charge in [-0.3, -0.25) is 0 Å². The third-order valence-electron chi connectivity index (χ3n) is 10.7. The van der Waals surface area contributed by atoms with Crippen LogP contribution < -0.4 is 0 Å². The second kappa shape index (κ2) is 7.63. The lowest BCUT2D eigenvalue weighted by Crippen LogP contribution is -2.55. The largest absolute Gasteiger partial charge is 0.0958 e. The van der Waals surface area contributed by atoms with Crippen molar-refractivity contribution in [2.75, 3.05) is 0 Å². The molecule has 1 aliphatic carbocycles. The van der Waals surface area contributed by atoms with Gasteiger partial charge in [0.2, 0.25) is 0 Å². The summed E-state index contributed by atoms with van der Waals surface area (Å²) in [6, 6.07) is 0. The van der Waals surface area contributed by atoms with Crippen molar-refractivity contribution in [2.24, 2.45) is 0 Å². The van der Waals surface area contributed by atoms with Crippen molar-refractivity contribution >= 4 is 65.3 Å². The number of hydrogen-bond donors (Lipinski definition) is 0. The predicted molar refractivity (Wildman–Crippen MR) is 190 cm³/mol. The monoisotopic (exact) mass is 627 g/mol. The van der Waals surface area contributed by atoms with Gasteiger partial charge in [0.05, 0.1) is 65.3 Å². The zero-order valence-electron chi connectivity index (χ0n) is 27.4. The molecule has 0 aromatic carbocycles. The minimum atomic E-state index is -1.68. The summed E-state index contributed by atoms with van der Waals surface area (Å²) >= 11 is 0. The molecule has 4 heterocycles. The Bertz CT molecular complexity index is 1290. The van der Waals surface area contributed by atoms with Crippen LogP contribution in [0.2, 0.25) is 123 Å². The Morgan fingerprint density at radius 1 is 0.486 bits per heavy atom. The molecule has 1 saturated carbocycles. The number of hydrogen-bond acceptors (Lipinski definition) is 0. The molecule has 4 aliphatic heterocycles. The molecule has 0 N–H and O–H groups in total. The summed E-state index contributed by atoms with van der Waals surface area (Å²) in [6.45, 7) is 47.4. The maximum atomic E-state index is 2.84. The van der Waals surface area contributed by atoms with Crippen LogP contribution in [0.25, 0.3) is 0 Å².